The summed E-state index contributed by atoms with van der Waals surface area (Å²) in [6.07, 6.45) is 7.05. The molecule has 4 heteroatoms. The lowest BCUT2D eigenvalue weighted by molar-refractivity contribution is -0.126. The maximum atomic E-state index is 12.1. The number of thiophene rings is 1. The molecule has 1 amide bonds. The van der Waals surface area contributed by atoms with Gasteiger partial charge in [0, 0.05) is 24.0 Å². The van der Waals surface area contributed by atoms with Crippen molar-refractivity contribution < 1.29 is 9.21 Å². The molecule has 0 aliphatic carbocycles. The van der Waals surface area contributed by atoms with Gasteiger partial charge in [-0.1, -0.05) is 6.07 Å². The second-order valence-electron chi connectivity index (χ2n) is 4.96. The number of carbonyl (C=O) groups excluding carboxylic acids is 1. The van der Waals surface area contributed by atoms with Crippen molar-refractivity contribution in [1.29, 1.82) is 0 Å². The first-order valence-electron chi connectivity index (χ1n) is 6.87. The molecular weight excluding hydrogens is 270 g/mol. The van der Waals surface area contributed by atoms with Crippen LogP contribution in [0.1, 0.15) is 29.4 Å². The molecule has 2 aromatic heterocycles. The van der Waals surface area contributed by atoms with Crippen molar-refractivity contribution in [3.05, 3.63) is 52.6 Å². The van der Waals surface area contributed by atoms with Crippen molar-refractivity contribution in [2.45, 2.75) is 18.8 Å². The summed E-state index contributed by atoms with van der Waals surface area (Å²) in [5, 5.41) is 2.12. The Labute approximate surface area is 122 Å². The summed E-state index contributed by atoms with van der Waals surface area (Å²) in [5.41, 5.74) is 0. The summed E-state index contributed by atoms with van der Waals surface area (Å²) in [7, 11) is 0. The second kappa shape index (κ2) is 6.09. The van der Waals surface area contributed by atoms with Crippen LogP contribution in [0.25, 0.3) is 6.08 Å². The third-order valence-electron chi connectivity index (χ3n) is 3.69. The number of carbonyl (C=O) groups is 1. The smallest absolute Gasteiger partial charge is 0.246 e. The molecule has 0 aromatic carbocycles. The zero-order chi connectivity index (χ0) is 13.8. The molecule has 1 fully saturated rings. The fraction of sp³-hybridized carbons (Fsp3) is 0.312. The summed E-state index contributed by atoms with van der Waals surface area (Å²) >= 11 is 1.82. The number of rotatable bonds is 3. The Hall–Kier alpha value is -1.81. The molecule has 1 aliphatic rings. The number of amides is 1. The summed E-state index contributed by atoms with van der Waals surface area (Å²) in [5.74, 6) is 1.41. The minimum absolute atomic E-state index is 0.0750. The fourth-order valence-electron chi connectivity index (χ4n) is 2.55. The maximum absolute atomic E-state index is 12.1. The van der Waals surface area contributed by atoms with Gasteiger partial charge in [0.1, 0.15) is 5.76 Å². The van der Waals surface area contributed by atoms with Gasteiger partial charge in [0.2, 0.25) is 5.91 Å². The van der Waals surface area contributed by atoms with Gasteiger partial charge in [0.25, 0.3) is 0 Å². The van der Waals surface area contributed by atoms with E-state index in [4.69, 9.17) is 4.42 Å². The summed E-state index contributed by atoms with van der Waals surface area (Å²) in [6, 6.07) is 7.96. The van der Waals surface area contributed by atoms with E-state index >= 15 is 0 Å². The molecule has 0 atom stereocenters. The Morgan fingerprint density at radius 2 is 2.15 bits per heavy atom. The van der Waals surface area contributed by atoms with E-state index in [-0.39, 0.29) is 5.91 Å². The minimum atomic E-state index is 0.0750. The largest absolute Gasteiger partial charge is 0.465 e. The SMILES string of the molecule is O=C(/C=C/c1ccco1)N1CCC(c2cccs2)CC1. The van der Waals surface area contributed by atoms with Crippen LogP contribution in [0.4, 0.5) is 0 Å². The van der Waals surface area contributed by atoms with Crippen molar-refractivity contribution in [1.82, 2.24) is 4.90 Å². The van der Waals surface area contributed by atoms with Gasteiger partial charge in [-0.15, -0.1) is 11.3 Å². The second-order valence-corrected chi connectivity index (χ2v) is 5.94. The first-order chi connectivity index (χ1) is 9.83. The van der Waals surface area contributed by atoms with Crippen LogP contribution in [0, 0.1) is 0 Å². The number of piperidine rings is 1. The van der Waals surface area contributed by atoms with Crippen molar-refractivity contribution in [3.63, 3.8) is 0 Å². The average molecular weight is 287 g/mol. The van der Waals surface area contributed by atoms with Crippen LogP contribution in [0.5, 0.6) is 0 Å². The maximum Gasteiger partial charge on any atom is 0.246 e. The third kappa shape index (κ3) is 3.02. The molecule has 0 N–H and O–H groups in total. The van der Waals surface area contributed by atoms with E-state index < -0.39 is 0 Å². The molecule has 3 nitrogen and oxygen atoms in total. The highest BCUT2D eigenvalue weighted by atomic mass is 32.1. The van der Waals surface area contributed by atoms with E-state index in [0.29, 0.717) is 11.7 Å². The van der Waals surface area contributed by atoms with Crippen LogP contribution in [-0.4, -0.2) is 23.9 Å². The normalized spacial score (nSPS) is 16.9. The van der Waals surface area contributed by atoms with E-state index in [9.17, 15) is 4.79 Å². The van der Waals surface area contributed by atoms with Crippen LogP contribution in [-0.2, 0) is 4.79 Å². The first kappa shape index (κ1) is 13.2. The van der Waals surface area contributed by atoms with Gasteiger partial charge >= 0.3 is 0 Å². The molecule has 3 heterocycles. The van der Waals surface area contributed by atoms with Gasteiger partial charge < -0.3 is 9.32 Å². The fourth-order valence-corrected chi connectivity index (χ4v) is 3.45. The lowest BCUT2D eigenvalue weighted by Gasteiger charge is -2.30. The Morgan fingerprint density at radius 3 is 2.80 bits per heavy atom. The summed E-state index contributed by atoms with van der Waals surface area (Å²) in [6.45, 7) is 1.67. The highest BCUT2D eigenvalue weighted by molar-refractivity contribution is 7.10. The summed E-state index contributed by atoms with van der Waals surface area (Å²) < 4.78 is 5.18. The highest BCUT2D eigenvalue weighted by Gasteiger charge is 2.23. The van der Waals surface area contributed by atoms with Crippen molar-refractivity contribution in [2.75, 3.05) is 13.1 Å². The molecule has 104 valence electrons. The molecular formula is C16H17NO2S. The standard InChI is InChI=1S/C16H17NO2S/c18-16(6-5-14-3-1-11-19-14)17-9-7-13(8-10-17)15-4-2-12-20-15/h1-6,11-13H,7-10H2/b6-5+. The average Bonchev–Trinajstić information content (AvgIpc) is 3.18. The topological polar surface area (TPSA) is 33.5 Å². The molecule has 0 unspecified atom stereocenters. The van der Waals surface area contributed by atoms with E-state index in [1.165, 1.54) is 4.88 Å². The van der Waals surface area contributed by atoms with Crippen molar-refractivity contribution >= 4 is 23.3 Å². The zero-order valence-electron chi connectivity index (χ0n) is 11.2. The minimum Gasteiger partial charge on any atom is -0.465 e. The lowest BCUT2D eigenvalue weighted by atomic mass is 9.95. The molecule has 0 saturated carbocycles. The van der Waals surface area contributed by atoms with Crippen molar-refractivity contribution in [2.24, 2.45) is 0 Å². The van der Waals surface area contributed by atoms with E-state index in [1.807, 2.05) is 28.4 Å². The number of nitrogens with zero attached hydrogens (tertiary/aromatic N) is 1. The molecule has 0 bridgehead atoms. The van der Waals surface area contributed by atoms with Gasteiger partial charge in [0.05, 0.1) is 6.26 Å². The number of furan rings is 1. The lowest BCUT2D eigenvalue weighted by Crippen LogP contribution is -2.36. The molecule has 20 heavy (non-hydrogen) atoms. The predicted molar refractivity (Wildman–Crippen MR) is 80.6 cm³/mol. The molecule has 0 spiro atoms. The van der Waals surface area contributed by atoms with E-state index in [2.05, 4.69) is 17.5 Å². The predicted octanol–water partition coefficient (Wildman–Crippen LogP) is 3.76. The molecule has 1 aliphatic heterocycles. The van der Waals surface area contributed by atoms with Gasteiger partial charge in [-0.2, -0.15) is 0 Å². The van der Waals surface area contributed by atoms with Gasteiger partial charge in [-0.3, -0.25) is 4.79 Å². The monoisotopic (exact) mass is 287 g/mol. The van der Waals surface area contributed by atoms with Crippen molar-refractivity contribution in [3.8, 4) is 0 Å². The van der Waals surface area contributed by atoms with Crippen LogP contribution >= 0.6 is 11.3 Å². The third-order valence-corrected chi connectivity index (χ3v) is 4.72. The van der Waals surface area contributed by atoms with Gasteiger partial charge in [0.15, 0.2) is 0 Å². The molecule has 3 rings (SSSR count). The Morgan fingerprint density at radius 1 is 1.30 bits per heavy atom. The molecule has 0 radical (unpaired) electrons. The Bertz CT molecular complexity index is 564. The van der Waals surface area contributed by atoms with E-state index in [1.54, 1.807) is 18.4 Å². The Kier molecular flexibility index (Phi) is 4.02. The first-order valence-corrected chi connectivity index (χ1v) is 7.75. The van der Waals surface area contributed by atoms with E-state index in [0.717, 1.165) is 25.9 Å². The quantitative estimate of drug-likeness (QED) is 0.805. The number of hydrogen-bond donors (Lipinski definition) is 0. The molecule has 1 saturated heterocycles. The van der Waals surface area contributed by atoms with Crippen LogP contribution < -0.4 is 0 Å². The number of hydrogen-bond acceptors (Lipinski definition) is 3. The zero-order valence-corrected chi connectivity index (χ0v) is 12.0. The van der Waals surface area contributed by atoms with Crippen LogP contribution in [0.2, 0.25) is 0 Å². The summed E-state index contributed by atoms with van der Waals surface area (Å²) in [4.78, 5) is 15.5. The highest BCUT2D eigenvalue weighted by Crippen LogP contribution is 2.31. The van der Waals surface area contributed by atoms with Crippen LogP contribution in [0.3, 0.4) is 0 Å². The van der Waals surface area contributed by atoms with Gasteiger partial charge in [-0.05, 0) is 48.4 Å². The molecule has 2 aromatic rings. The van der Waals surface area contributed by atoms with Crippen LogP contribution in [0.15, 0.2) is 46.4 Å². The number of likely N-dealkylation sites (tertiary alicyclic amines) is 1. The Balaban J connectivity index is 1.54. The van der Waals surface area contributed by atoms with Gasteiger partial charge in [-0.25, -0.2) is 0 Å².